The number of piperidine rings is 1. The van der Waals surface area contributed by atoms with Gasteiger partial charge in [0.25, 0.3) is 0 Å². The third-order valence-corrected chi connectivity index (χ3v) is 4.28. The van der Waals surface area contributed by atoms with Crippen LogP contribution in [0.15, 0.2) is 0 Å². The zero-order valence-corrected chi connectivity index (χ0v) is 11.0. The largest absolute Gasteiger partial charge is 0.342 e. The number of rotatable bonds is 2. The molecule has 3 nitrogen and oxygen atoms in total. The van der Waals surface area contributed by atoms with Crippen LogP contribution in [-0.4, -0.2) is 28.9 Å². The summed E-state index contributed by atoms with van der Waals surface area (Å²) < 4.78 is 0.763. The number of aryl methyl sites for hydroxylation is 1. The fourth-order valence-corrected chi connectivity index (χ4v) is 3.28. The van der Waals surface area contributed by atoms with Crippen LogP contribution in [0.3, 0.4) is 0 Å². The minimum absolute atomic E-state index is 0.244. The van der Waals surface area contributed by atoms with Crippen molar-refractivity contribution in [2.45, 2.75) is 32.6 Å². The maximum Gasteiger partial charge on any atom is 0.227 e. The van der Waals surface area contributed by atoms with Gasteiger partial charge in [0.15, 0.2) is 3.95 Å². The number of nitrogens with zero attached hydrogens (tertiary/aromatic N) is 1. The number of H-pyrrole nitrogens is 1. The van der Waals surface area contributed by atoms with Gasteiger partial charge in [-0.1, -0.05) is 0 Å². The molecule has 0 saturated carbocycles. The van der Waals surface area contributed by atoms with Gasteiger partial charge in [0.05, 0.1) is 6.42 Å². The SMILES string of the molecule is Cc1[nH]c(=S)sc1CC(=O)N1CCCCC1. The summed E-state index contributed by atoms with van der Waals surface area (Å²) in [5, 5.41) is 0. The first-order valence-corrected chi connectivity index (χ1v) is 6.85. The fraction of sp³-hybridized carbons (Fsp3) is 0.636. The van der Waals surface area contributed by atoms with Crippen molar-refractivity contribution >= 4 is 29.5 Å². The standard InChI is InChI=1S/C11H16N2OS2/c1-8-9(16-11(15)12-8)7-10(14)13-5-3-2-4-6-13/h2-7H2,1H3,(H,12,15). The average molecular weight is 256 g/mol. The monoisotopic (exact) mass is 256 g/mol. The van der Waals surface area contributed by atoms with Crippen molar-refractivity contribution in [2.24, 2.45) is 0 Å². The van der Waals surface area contributed by atoms with E-state index in [1.807, 2.05) is 11.8 Å². The molecule has 0 radical (unpaired) electrons. The second-order valence-electron chi connectivity index (χ2n) is 4.18. The molecule has 5 heteroatoms. The van der Waals surface area contributed by atoms with Crippen LogP contribution in [-0.2, 0) is 11.2 Å². The highest BCUT2D eigenvalue weighted by Crippen LogP contribution is 2.17. The molecule has 88 valence electrons. The molecule has 1 N–H and O–H groups in total. The maximum atomic E-state index is 12.0. The molecule has 0 atom stereocenters. The number of carbonyl (C=O) groups is 1. The number of hydrogen-bond acceptors (Lipinski definition) is 3. The van der Waals surface area contributed by atoms with E-state index >= 15 is 0 Å². The number of amides is 1. The van der Waals surface area contributed by atoms with Gasteiger partial charge in [0.1, 0.15) is 0 Å². The summed E-state index contributed by atoms with van der Waals surface area (Å²) in [6, 6.07) is 0. The van der Waals surface area contributed by atoms with Crippen molar-refractivity contribution in [1.29, 1.82) is 0 Å². The fourth-order valence-electron chi connectivity index (χ4n) is 2.00. The highest BCUT2D eigenvalue weighted by Gasteiger charge is 2.18. The Morgan fingerprint density at radius 1 is 1.44 bits per heavy atom. The van der Waals surface area contributed by atoms with E-state index in [1.165, 1.54) is 17.8 Å². The number of likely N-dealkylation sites (tertiary alicyclic amines) is 1. The molecule has 1 aliphatic heterocycles. The topological polar surface area (TPSA) is 36.1 Å². The van der Waals surface area contributed by atoms with Crippen LogP contribution >= 0.6 is 23.6 Å². The number of aromatic nitrogens is 1. The Labute approximate surface area is 104 Å². The van der Waals surface area contributed by atoms with Gasteiger partial charge in [-0.3, -0.25) is 4.79 Å². The van der Waals surface area contributed by atoms with Crippen molar-refractivity contribution in [2.75, 3.05) is 13.1 Å². The predicted octanol–water partition coefficient (Wildman–Crippen LogP) is 2.67. The lowest BCUT2D eigenvalue weighted by Crippen LogP contribution is -2.36. The molecule has 1 saturated heterocycles. The Morgan fingerprint density at radius 3 is 2.69 bits per heavy atom. The highest BCUT2D eigenvalue weighted by molar-refractivity contribution is 7.73. The lowest BCUT2D eigenvalue weighted by Gasteiger charge is -2.26. The first-order valence-electron chi connectivity index (χ1n) is 5.63. The van der Waals surface area contributed by atoms with Crippen molar-refractivity contribution in [3.63, 3.8) is 0 Å². The van der Waals surface area contributed by atoms with Crippen molar-refractivity contribution in [3.05, 3.63) is 14.5 Å². The molecule has 1 aromatic heterocycles. The number of carbonyl (C=O) groups excluding carboxylic acids is 1. The molecule has 1 aromatic rings. The maximum absolute atomic E-state index is 12.0. The van der Waals surface area contributed by atoms with Crippen molar-refractivity contribution in [3.8, 4) is 0 Å². The summed E-state index contributed by atoms with van der Waals surface area (Å²) in [7, 11) is 0. The number of hydrogen-bond donors (Lipinski definition) is 1. The summed E-state index contributed by atoms with van der Waals surface area (Å²) in [5.74, 6) is 0.244. The van der Waals surface area contributed by atoms with Gasteiger partial charge in [-0.15, -0.1) is 11.3 Å². The van der Waals surface area contributed by atoms with Gasteiger partial charge in [-0.2, -0.15) is 0 Å². The average Bonchev–Trinajstić information content (AvgIpc) is 2.59. The molecule has 2 heterocycles. The summed E-state index contributed by atoms with van der Waals surface area (Å²) >= 11 is 6.59. The van der Waals surface area contributed by atoms with Crippen LogP contribution in [0.1, 0.15) is 29.8 Å². The van der Waals surface area contributed by atoms with E-state index in [0.29, 0.717) is 6.42 Å². The molecule has 0 aromatic carbocycles. The van der Waals surface area contributed by atoms with Crippen LogP contribution in [0, 0.1) is 10.9 Å². The zero-order valence-electron chi connectivity index (χ0n) is 9.41. The second kappa shape index (κ2) is 5.10. The molecule has 0 unspecified atom stereocenters. The Hall–Kier alpha value is -0.680. The molecule has 1 amide bonds. The van der Waals surface area contributed by atoms with E-state index in [9.17, 15) is 4.79 Å². The van der Waals surface area contributed by atoms with Gasteiger partial charge >= 0.3 is 0 Å². The van der Waals surface area contributed by atoms with E-state index in [-0.39, 0.29) is 5.91 Å². The summed E-state index contributed by atoms with van der Waals surface area (Å²) in [4.78, 5) is 18.2. The van der Waals surface area contributed by atoms with Crippen LogP contribution in [0.25, 0.3) is 0 Å². The Kier molecular flexibility index (Phi) is 3.76. The predicted molar refractivity (Wildman–Crippen MR) is 68.4 cm³/mol. The molecule has 1 fully saturated rings. The lowest BCUT2D eigenvalue weighted by molar-refractivity contribution is -0.131. The van der Waals surface area contributed by atoms with E-state index in [2.05, 4.69) is 4.98 Å². The van der Waals surface area contributed by atoms with Crippen LogP contribution < -0.4 is 0 Å². The molecule has 0 spiro atoms. The van der Waals surface area contributed by atoms with Gasteiger partial charge in [0, 0.05) is 23.7 Å². The molecular weight excluding hydrogens is 240 g/mol. The second-order valence-corrected chi connectivity index (χ2v) is 5.95. The molecular formula is C11H16N2OS2. The smallest absolute Gasteiger partial charge is 0.227 e. The molecule has 0 aliphatic carbocycles. The van der Waals surface area contributed by atoms with Gasteiger partial charge in [0.2, 0.25) is 5.91 Å². The Balaban J connectivity index is 2.01. The van der Waals surface area contributed by atoms with Crippen molar-refractivity contribution in [1.82, 2.24) is 9.88 Å². The van der Waals surface area contributed by atoms with Gasteiger partial charge < -0.3 is 9.88 Å². The van der Waals surface area contributed by atoms with Crippen molar-refractivity contribution < 1.29 is 4.79 Å². The molecule has 0 bridgehead atoms. The number of thiazole rings is 1. The van der Waals surface area contributed by atoms with E-state index in [4.69, 9.17) is 12.2 Å². The van der Waals surface area contributed by atoms with Gasteiger partial charge in [-0.05, 0) is 38.4 Å². The van der Waals surface area contributed by atoms with Crippen LogP contribution in [0.4, 0.5) is 0 Å². The third-order valence-electron chi connectivity index (χ3n) is 2.94. The number of aromatic amines is 1. The van der Waals surface area contributed by atoms with E-state index in [1.54, 1.807) is 0 Å². The summed E-state index contributed by atoms with van der Waals surface area (Å²) in [6.07, 6.45) is 4.05. The Morgan fingerprint density at radius 2 is 2.12 bits per heavy atom. The number of nitrogens with one attached hydrogen (secondary N) is 1. The lowest BCUT2D eigenvalue weighted by atomic mass is 10.1. The highest BCUT2D eigenvalue weighted by atomic mass is 32.1. The Bertz CT molecular complexity index is 429. The minimum Gasteiger partial charge on any atom is -0.342 e. The minimum atomic E-state index is 0.244. The quantitative estimate of drug-likeness (QED) is 0.826. The normalized spacial score (nSPS) is 16.4. The molecule has 2 rings (SSSR count). The van der Waals surface area contributed by atoms with Crippen LogP contribution in [0.2, 0.25) is 0 Å². The van der Waals surface area contributed by atoms with E-state index < -0.39 is 0 Å². The molecule has 16 heavy (non-hydrogen) atoms. The van der Waals surface area contributed by atoms with Gasteiger partial charge in [-0.25, -0.2) is 0 Å². The summed E-state index contributed by atoms with van der Waals surface area (Å²) in [6.45, 7) is 3.83. The first kappa shape index (κ1) is 11.8. The van der Waals surface area contributed by atoms with Crippen LogP contribution in [0.5, 0.6) is 0 Å². The summed E-state index contributed by atoms with van der Waals surface area (Å²) in [5.41, 5.74) is 1.04. The molecule has 1 aliphatic rings. The third kappa shape index (κ3) is 2.71. The first-order chi connectivity index (χ1) is 7.66. The zero-order chi connectivity index (χ0) is 11.5. The van der Waals surface area contributed by atoms with E-state index in [0.717, 1.165) is 40.5 Å².